The van der Waals surface area contributed by atoms with E-state index in [-0.39, 0.29) is 11.8 Å². The lowest BCUT2D eigenvalue weighted by Gasteiger charge is -2.34. The number of para-hydroxylation sites is 1. The molecule has 0 spiro atoms. The van der Waals surface area contributed by atoms with Gasteiger partial charge in [0, 0.05) is 52.6 Å². The average molecular weight is 333 g/mol. The van der Waals surface area contributed by atoms with Gasteiger partial charge < -0.3 is 15.0 Å². The van der Waals surface area contributed by atoms with E-state index < -0.39 is 0 Å². The Morgan fingerprint density at radius 1 is 1.17 bits per heavy atom. The molecule has 0 aliphatic carbocycles. The number of piperazine rings is 1. The number of rotatable bonds is 7. The molecule has 1 saturated heterocycles. The minimum Gasteiger partial charge on any atom is -0.496 e. The van der Waals surface area contributed by atoms with E-state index in [2.05, 4.69) is 10.2 Å². The standard InChI is InChI=1S/C18H27N3O3/c1-15(22)21-13-11-20(12-14-21)10-8-18(23)19-9-7-16-5-3-4-6-17(16)24-2/h3-6H,7-14H2,1-2H3,(H,19,23). The minimum absolute atomic E-state index is 0.0684. The summed E-state index contributed by atoms with van der Waals surface area (Å²) in [6.07, 6.45) is 1.25. The molecule has 0 bridgehead atoms. The van der Waals surface area contributed by atoms with Crippen LogP contribution in [0.1, 0.15) is 18.9 Å². The molecule has 2 rings (SSSR count). The number of benzene rings is 1. The molecule has 1 aromatic rings. The maximum absolute atomic E-state index is 12.0. The molecule has 1 aliphatic heterocycles. The number of nitrogens with one attached hydrogen (secondary N) is 1. The summed E-state index contributed by atoms with van der Waals surface area (Å²) in [6.45, 7) is 6.14. The van der Waals surface area contributed by atoms with Crippen molar-refractivity contribution >= 4 is 11.8 Å². The third kappa shape index (κ3) is 5.53. The number of hydrogen-bond acceptors (Lipinski definition) is 4. The largest absolute Gasteiger partial charge is 0.496 e. The Hall–Kier alpha value is -2.08. The SMILES string of the molecule is COc1ccccc1CCNC(=O)CCN1CCN(C(C)=O)CC1. The maximum Gasteiger partial charge on any atom is 0.221 e. The second kappa shape index (κ2) is 9.27. The summed E-state index contributed by atoms with van der Waals surface area (Å²) < 4.78 is 5.31. The molecular formula is C18H27N3O3. The van der Waals surface area contributed by atoms with Crippen molar-refractivity contribution in [1.29, 1.82) is 0 Å². The topological polar surface area (TPSA) is 61.9 Å². The Morgan fingerprint density at radius 3 is 2.54 bits per heavy atom. The van der Waals surface area contributed by atoms with Gasteiger partial charge in [-0.15, -0.1) is 0 Å². The van der Waals surface area contributed by atoms with E-state index in [0.717, 1.165) is 50.5 Å². The minimum atomic E-state index is 0.0684. The van der Waals surface area contributed by atoms with Gasteiger partial charge in [0.2, 0.25) is 11.8 Å². The molecule has 132 valence electrons. The van der Waals surface area contributed by atoms with E-state index in [1.54, 1.807) is 14.0 Å². The molecule has 6 heteroatoms. The van der Waals surface area contributed by atoms with Crippen LogP contribution in [0.15, 0.2) is 24.3 Å². The van der Waals surface area contributed by atoms with Gasteiger partial charge in [-0.1, -0.05) is 18.2 Å². The highest BCUT2D eigenvalue weighted by Crippen LogP contribution is 2.17. The van der Waals surface area contributed by atoms with Crippen LogP contribution in [0.25, 0.3) is 0 Å². The third-order valence-electron chi connectivity index (χ3n) is 4.38. The first-order valence-electron chi connectivity index (χ1n) is 8.46. The van der Waals surface area contributed by atoms with Crippen LogP contribution in [0.4, 0.5) is 0 Å². The highest BCUT2D eigenvalue weighted by molar-refractivity contribution is 5.76. The zero-order chi connectivity index (χ0) is 17.4. The van der Waals surface area contributed by atoms with E-state index in [4.69, 9.17) is 4.74 Å². The zero-order valence-corrected chi connectivity index (χ0v) is 14.6. The number of methoxy groups -OCH3 is 1. The first-order chi connectivity index (χ1) is 11.6. The number of carbonyl (C=O) groups excluding carboxylic acids is 2. The molecule has 6 nitrogen and oxygen atoms in total. The predicted octanol–water partition coefficient (Wildman–Crippen LogP) is 0.908. The highest BCUT2D eigenvalue weighted by atomic mass is 16.5. The molecule has 1 aliphatic rings. The van der Waals surface area contributed by atoms with Crippen molar-refractivity contribution in [1.82, 2.24) is 15.1 Å². The number of ether oxygens (including phenoxy) is 1. The number of carbonyl (C=O) groups is 2. The van der Waals surface area contributed by atoms with Crippen LogP contribution in [0.5, 0.6) is 5.75 Å². The number of amides is 2. The van der Waals surface area contributed by atoms with Gasteiger partial charge in [-0.2, -0.15) is 0 Å². The second-order valence-electron chi connectivity index (χ2n) is 6.01. The zero-order valence-electron chi connectivity index (χ0n) is 14.6. The van der Waals surface area contributed by atoms with Crippen molar-refractivity contribution in [2.75, 3.05) is 46.4 Å². The Balaban J connectivity index is 1.63. The fourth-order valence-electron chi connectivity index (χ4n) is 2.88. The van der Waals surface area contributed by atoms with E-state index >= 15 is 0 Å². The van der Waals surface area contributed by atoms with Crippen LogP contribution < -0.4 is 10.1 Å². The lowest BCUT2D eigenvalue weighted by molar-refractivity contribution is -0.131. The maximum atomic E-state index is 12.0. The summed E-state index contributed by atoms with van der Waals surface area (Å²) in [6, 6.07) is 7.85. The van der Waals surface area contributed by atoms with Crippen LogP contribution in [0.2, 0.25) is 0 Å². The molecule has 0 saturated carbocycles. The molecule has 1 heterocycles. The van der Waals surface area contributed by atoms with E-state index in [0.29, 0.717) is 13.0 Å². The summed E-state index contributed by atoms with van der Waals surface area (Å²) in [5.41, 5.74) is 1.10. The van der Waals surface area contributed by atoms with Crippen LogP contribution >= 0.6 is 0 Å². The van der Waals surface area contributed by atoms with Gasteiger partial charge in [0.1, 0.15) is 5.75 Å². The van der Waals surface area contributed by atoms with Gasteiger partial charge in [-0.3, -0.25) is 14.5 Å². The quantitative estimate of drug-likeness (QED) is 0.806. The molecular weight excluding hydrogens is 306 g/mol. The summed E-state index contributed by atoms with van der Waals surface area (Å²) in [5.74, 6) is 1.05. The van der Waals surface area contributed by atoms with Gasteiger partial charge in [0.25, 0.3) is 0 Å². The molecule has 0 radical (unpaired) electrons. The van der Waals surface area contributed by atoms with Crippen molar-refractivity contribution in [2.45, 2.75) is 19.8 Å². The summed E-state index contributed by atoms with van der Waals surface area (Å²) in [7, 11) is 1.66. The fourth-order valence-corrected chi connectivity index (χ4v) is 2.88. The first-order valence-corrected chi connectivity index (χ1v) is 8.46. The summed E-state index contributed by atoms with van der Waals surface area (Å²) in [4.78, 5) is 27.3. The predicted molar refractivity (Wildman–Crippen MR) is 93.0 cm³/mol. The lowest BCUT2D eigenvalue weighted by Crippen LogP contribution is -2.48. The summed E-state index contributed by atoms with van der Waals surface area (Å²) >= 11 is 0. The molecule has 0 atom stereocenters. The van der Waals surface area contributed by atoms with Gasteiger partial charge in [0.15, 0.2) is 0 Å². The van der Waals surface area contributed by atoms with E-state index in [9.17, 15) is 9.59 Å². The van der Waals surface area contributed by atoms with Gasteiger partial charge in [-0.05, 0) is 18.1 Å². The Morgan fingerprint density at radius 2 is 1.88 bits per heavy atom. The van der Waals surface area contributed by atoms with Crippen molar-refractivity contribution < 1.29 is 14.3 Å². The van der Waals surface area contributed by atoms with Crippen LogP contribution in [0.3, 0.4) is 0 Å². The molecule has 1 N–H and O–H groups in total. The Kier molecular flexibility index (Phi) is 7.06. The van der Waals surface area contributed by atoms with Crippen molar-refractivity contribution in [3.05, 3.63) is 29.8 Å². The molecule has 24 heavy (non-hydrogen) atoms. The second-order valence-corrected chi connectivity index (χ2v) is 6.01. The van der Waals surface area contributed by atoms with Gasteiger partial charge >= 0.3 is 0 Å². The number of hydrogen-bond donors (Lipinski definition) is 1. The van der Waals surface area contributed by atoms with E-state index in [1.807, 2.05) is 29.2 Å². The monoisotopic (exact) mass is 333 g/mol. The van der Waals surface area contributed by atoms with Crippen molar-refractivity contribution in [2.24, 2.45) is 0 Å². The van der Waals surface area contributed by atoms with Gasteiger partial charge in [0.05, 0.1) is 7.11 Å². The Labute approximate surface area is 143 Å². The summed E-state index contributed by atoms with van der Waals surface area (Å²) in [5, 5.41) is 2.96. The van der Waals surface area contributed by atoms with Gasteiger partial charge in [-0.25, -0.2) is 0 Å². The normalized spacial score (nSPS) is 15.2. The molecule has 0 aromatic heterocycles. The third-order valence-corrected chi connectivity index (χ3v) is 4.38. The smallest absolute Gasteiger partial charge is 0.221 e. The first kappa shape index (κ1) is 18.3. The molecule has 2 amide bonds. The lowest BCUT2D eigenvalue weighted by atomic mass is 10.1. The van der Waals surface area contributed by atoms with E-state index in [1.165, 1.54) is 0 Å². The van der Waals surface area contributed by atoms with Crippen molar-refractivity contribution in [3.8, 4) is 5.75 Å². The van der Waals surface area contributed by atoms with Crippen molar-refractivity contribution in [3.63, 3.8) is 0 Å². The van der Waals surface area contributed by atoms with Crippen LogP contribution in [-0.2, 0) is 16.0 Å². The average Bonchev–Trinajstić information content (AvgIpc) is 2.60. The molecule has 0 unspecified atom stereocenters. The fraction of sp³-hybridized carbons (Fsp3) is 0.556. The Bertz CT molecular complexity index is 554. The van der Waals surface area contributed by atoms with Crippen LogP contribution in [0, 0.1) is 0 Å². The molecule has 1 fully saturated rings. The van der Waals surface area contributed by atoms with Crippen LogP contribution in [-0.4, -0.2) is 68.0 Å². The number of nitrogens with zero attached hydrogens (tertiary/aromatic N) is 2. The highest BCUT2D eigenvalue weighted by Gasteiger charge is 2.18. The molecule has 1 aromatic carbocycles.